The van der Waals surface area contributed by atoms with Gasteiger partial charge in [-0.15, -0.1) is 0 Å². The summed E-state index contributed by atoms with van der Waals surface area (Å²) in [6.45, 7) is 5.76. The molecule has 0 aromatic carbocycles. The zero-order valence-corrected chi connectivity index (χ0v) is 15.6. The van der Waals surface area contributed by atoms with E-state index in [9.17, 15) is 13.2 Å². The third-order valence-corrected chi connectivity index (χ3v) is 6.43. The summed E-state index contributed by atoms with van der Waals surface area (Å²) in [7, 11) is 0.343. The van der Waals surface area contributed by atoms with E-state index in [1.165, 1.54) is 4.31 Å². The number of imidazole rings is 1. The summed E-state index contributed by atoms with van der Waals surface area (Å²) in [6, 6.07) is -0.121. The summed E-state index contributed by atoms with van der Waals surface area (Å²) in [4.78, 5) is 18.6. The van der Waals surface area contributed by atoms with Gasteiger partial charge in [0.2, 0.25) is 15.9 Å². The van der Waals surface area contributed by atoms with E-state index in [4.69, 9.17) is 0 Å². The molecule has 9 heteroatoms. The van der Waals surface area contributed by atoms with Crippen molar-refractivity contribution in [3.8, 4) is 0 Å². The van der Waals surface area contributed by atoms with Gasteiger partial charge in [0, 0.05) is 51.0 Å². The fourth-order valence-electron chi connectivity index (χ4n) is 3.29. The molecule has 0 bridgehead atoms. The Hall–Kier alpha value is -1.45. The molecule has 2 heterocycles. The average Bonchev–Trinajstić information content (AvgIpc) is 3.04. The van der Waals surface area contributed by atoms with Gasteiger partial charge in [-0.3, -0.25) is 4.79 Å². The lowest BCUT2D eigenvalue weighted by Crippen LogP contribution is -2.45. The van der Waals surface area contributed by atoms with Crippen LogP contribution < -0.4 is 5.32 Å². The van der Waals surface area contributed by atoms with Gasteiger partial charge in [-0.2, -0.15) is 0 Å². The molecule has 1 amide bonds. The van der Waals surface area contributed by atoms with Crippen LogP contribution in [0.25, 0.3) is 0 Å². The first-order valence-corrected chi connectivity index (χ1v) is 9.81. The van der Waals surface area contributed by atoms with Crippen molar-refractivity contribution >= 4 is 15.9 Å². The molecule has 0 spiro atoms. The second-order valence-corrected chi connectivity index (χ2v) is 8.24. The summed E-state index contributed by atoms with van der Waals surface area (Å²) in [5.41, 5.74) is 1.04. The quantitative estimate of drug-likeness (QED) is 0.718. The molecule has 1 saturated heterocycles. The van der Waals surface area contributed by atoms with Gasteiger partial charge >= 0.3 is 0 Å². The standard InChI is InChI=1S/C15H27N5O3S/c1-5-20(6-2)24(22,23)10-15(21)17-13-9-18(3)8-12(13)14-7-16-11-19(14)4/h7,11-13H,5-6,8-10H2,1-4H3,(H,17,21)/t12-,13-/m1/s1. The van der Waals surface area contributed by atoms with Crippen LogP contribution in [0.5, 0.6) is 0 Å². The molecule has 136 valence electrons. The Morgan fingerprint density at radius 3 is 2.54 bits per heavy atom. The Kier molecular flexibility index (Phi) is 6.00. The lowest BCUT2D eigenvalue weighted by molar-refractivity contribution is -0.119. The minimum absolute atomic E-state index is 0.0996. The maximum absolute atomic E-state index is 12.3. The molecular formula is C15H27N5O3S. The lowest BCUT2D eigenvalue weighted by atomic mass is 10.00. The van der Waals surface area contributed by atoms with Crippen molar-refractivity contribution in [2.24, 2.45) is 7.05 Å². The first kappa shape index (κ1) is 18.9. The van der Waals surface area contributed by atoms with E-state index in [1.54, 1.807) is 26.4 Å². The van der Waals surface area contributed by atoms with E-state index in [1.807, 2.05) is 18.7 Å². The second kappa shape index (κ2) is 7.62. The molecule has 1 fully saturated rings. The molecule has 1 aromatic heterocycles. The van der Waals surface area contributed by atoms with Crippen LogP contribution in [0.1, 0.15) is 25.5 Å². The highest BCUT2D eigenvalue weighted by Crippen LogP contribution is 2.26. The Bertz CT molecular complexity index is 668. The fraction of sp³-hybridized carbons (Fsp3) is 0.733. The topological polar surface area (TPSA) is 87.5 Å². The maximum Gasteiger partial charge on any atom is 0.236 e. The molecule has 24 heavy (non-hydrogen) atoms. The fourth-order valence-corrected chi connectivity index (χ4v) is 4.68. The molecular weight excluding hydrogens is 330 g/mol. The summed E-state index contributed by atoms with van der Waals surface area (Å²) >= 11 is 0. The van der Waals surface area contributed by atoms with Gasteiger partial charge in [0.25, 0.3) is 0 Å². The van der Waals surface area contributed by atoms with Crippen molar-refractivity contribution in [2.45, 2.75) is 25.8 Å². The number of carbonyl (C=O) groups excluding carboxylic acids is 1. The third-order valence-electron chi connectivity index (χ3n) is 4.49. The zero-order valence-electron chi connectivity index (χ0n) is 14.8. The van der Waals surface area contributed by atoms with E-state index in [-0.39, 0.29) is 12.0 Å². The largest absolute Gasteiger partial charge is 0.350 e. The number of hydrogen-bond donors (Lipinski definition) is 1. The van der Waals surface area contributed by atoms with Crippen molar-refractivity contribution in [1.82, 2.24) is 24.1 Å². The molecule has 1 aliphatic rings. The number of nitrogens with zero attached hydrogens (tertiary/aromatic N) is 4. The molecule has 2 rings (SSSR count). The number of hydrogen-bond acceptors (Lipinski definition) is 5. The third kappa shape index (κ3) is 4.14. The summed E-state index contributed by atoms with van der Waals surface area (Å²) in [6.07, 6.45) is 3.53. The van der Waals surface area contributed by atoms with Gasteiger partial charge in [0.1, 0.15) is 5.75 Å². The normalized spacial score (nSPS) is 22.2. The summed E-state index contributed by atoms with van der Waals surface area (Å²) in [5.74, 6) is -0.857. The molecule has 0 radical (unpaired) electrons. The van der Waals surface area contributed by atoms with E-state index in [2.05, 4.69) is 15.2 Å². The first-order chi connectivity index (χ1) is 11.3. The van der Waals surface area contributed by atoms with Gasteiger partial charge in [-0.25, -0.2) is 17.7 Å². The number of nitrogens with one attached hydrogen (secondary N) is 1. The molecule has 1 N–H and O–H groups in total. The van der Waals surface area contributed by atoms with Crippen LogP contribution in [0.3, 0.4) is 0 Å². The van der Waals surface area contributed by atoms with Crippen LogP contribution in [0.2, 0.25) is 0 Å². The van der Waals surface area contributed by atoms with Crippen molar-refractivity contribution in [3.63, 3.8) is 0 Å². The Morgan fingerprint density at radius 2 is 2.00 bits per heavy atom. The highest BCUT2D eigenvalue weighted by atomic mass is 32.2. The predicted octanol–water partition coefficient (Wildman–Crippen LogP) is -0.394. The molecule has 0 saturated carbocycles. The first-order valence-electron chi connectivity index (χ1n) is 8.20. The van der Waals surface area contributed by atoms with E-state index in [0.717, 1.165) is 12.2 Å². The number of amides is 1. The number of carbonyl (C=O) groups is 1. The number of sulfonamides is 1. The van der Waals surface area contributed by atoms with Crippen LogP contribution in [-0.2, 0) is 21.9 Å². The SMILES string of the molecule is CCN(CC)S(=O)(=O)CC(=O)N[C@@H]1CN(C)C[C@H]1c1cncn1C. The Balaban J connectivity index is 2.06. The highest BCUT2D eigenvalue weighted by molar-refractivity contribution is 7.89. The number of likely N-dealkylation sites (tertiary alicyclic amines) is 1. The lowest BCUT2D eigenvalue weighted by Gasteiger charge is -2.22. The zero-order chi connectivity index (χ0) is 17.9. The van der Waals surface area contributed by atoms with Crippen molar-refractivity contribution in [2.75, 3.05) is 39.0 Å². The van der Waals surface area contributed by atoms with Gasteiger partial charge in [0.05, 0.1) is 12.4 Å². The summed E-state index contributed by atoms with van der Waals surface area (Å²) in [5, 5.41) is 2.91. The predicted molar refractivity (Wildman–Crippen MR) is 92.1 cm³/mol. The van der Waals surface area contributed by atoms with Crippen LogP contribution in [0, 0.1) is 0 Å². The maximum atomic E-state index is 12.3. The van der Waals surface area contributed by atoms with E-state index >= 15 is 0 Å². The van der Waals surface area contributed by atoms with Gasteiger partial charge in [-0.05, 0) is 7.05 Å². The molecule has 8 nitrogen and oxygen atoms in total. The van der Waals surface area contributed by atoms with Gasteiger partial charge in [0.15, 0.2) is 0 Å². The molecule has 1 aromatic rings. The van der Waals surface area contributed by atoms with Gasteiger partial charge < -0.3 is 14.8 Å². The van der Waals surface area contributed by atoms with Crippen LogP contribution in [0.4, 0.5) is 0 Å². The number of aromatic nitrogens is 2. The van der Waals surface area contributed by atoms with E-state index in [0.29, 0.717) is 19.6 Å². The van der Waals surface area contributed by atoms with Crippen LogP contribution in [0.15, 0.2) is 12.5 Å². The minimum atomic E-state index is -3.57. The number of aryl methyl sites for hydroxylation is 1. The Morgan fingerprint density at radius 1 is 1.33 bits per heavy atom. The monoisotopic (exact) mass is 357 g/mol. The van der Waals surface area contributed by atoms with Crippen molar-refractivity contribution < 1.29 is 13.2 Å². The minimum Gasteiger partial charge on any atom is -0.350 e. The smallest absolute Gasteiger partial charge is 0.236 e. The second-order valence-electron chi connectivity index (χ2n) is 6.27. The van der Waals surface area contributed by atoms with Gasteiger partial charge in [-0.1, -0.05) is 13.8 Å². The highest BCUT2D eigenvalue weighted by Gasteiger charge is 2.35. The molecule has 2 atom stereocenters. The number of likely N-dealkylation sites (N-methyl/N-ethyl adjacent to an activating group) is 1. The van der Waals surface area contributed by atoms with Crippen LogP contribution in [-0.4, -0.2) is 78.1 Å². The van der Waals surface area contributed by atoms with Crippen molar-refractivity contribution in [3.05, 3.63) is 18.2 Å². The average molecular weight is 357 g/mol. The Labute approximate surface area is 143 Å². The number of rotatable bonds is 7. The molecule has 1 aliphatic heterocycles. The van der Waals surface area contributed by atoms with Crippen molar-refractivity contribution in [1.29, 1.82) is 0 Å². The van der Waals surface area contributed by atoms with E-state index < -0.39 is 21.7 Å². The van der Waals surface area contributed by atoms with Crippen LogP contribution >= 0.6 is 0 Å². The molecule has 0 unspecified atom stereocenters. The molecule has 0 aliphatic carbocycles. The summed E-state index contributed by atoms with van der Waals surface area (Å²) < 4.78 is 27.7.